The summed E-state index contributed by atoms with van der Waals surface area (Å²) in [6.07, 6.45) is 3.44. The molecule has 0 aliphatic heterocycles. The van der Waals surface area contributed by atoms with Gasteiger partial charge in [-0.3, -0.25) is 14.2 Å². The molecule has 6 nitrogen and oxygen atoms in total. The molecule has 0 bridgehead atoms. The van der Waals surface area contributed by atoms with E-state index in [-0.39, 0.29) is 31.0 Å². The van der Waals surface area contributed by atoms with Crippen LogP contribution in [0.25, 0.3) is 11.4 Å². The Morgan fingerprint density at radius 3 is 2.41 bits per heavy atom. The second-order valence-corrected chi connectivity index (χ2v) is 8.16. The number of hydrogen-bond donors (Lipinski definition) is 2. The van der Waals surface area contributed by atoms with E-state index in [9.17, 15) is 14.7 Å². The molecule has 2 aromatic carbocycles. The van der Waals surface area contributed by atoms with Crippen LogP contribution in [0.2, 0.25) is 5.02 Å². The monoisotopic (exact) mass is 453 g/mol. The number of hydrogen-bond acceptors (Lipinski definition) is 4. The molecule has 1 amide bonds. The molecule has 0 spiro atoms. The third-order valence-electron chi connectivity index (χ3n) is 5.29. The Morgan fingerprint density at radius 1 is 1.09 bits per heavy atom. The van der Waals surface area contributed by atoms with Gasteiger partial charge in [-0.05, 0) is 61.7 Å². The number of carbonyl (C=O) groups is 1. The van der Waals surface area contributed by atoms with Crippen molar-refractivity contribution < 1.29 is 9.90 Å². The van der Waals surface area contributed by atoms with E-state index in [1.165, 1.54) is 10.1 Å². The number of anilines is 1. The van der Waals surface area contributed by atoms with E-state index in [4.69, 9.17) is 11.6 Å². The van der Waals surface area contributed by atoms with Crippen molar-refractivity contribution >= 4 is 23.2 Å². The van der Waals surface area contributed by atoms with Gasteiger partial charge in [-0.15, -0.1) is 0 Å². The first-order valence-corrected chi connectivity index (χ1v) is 11.2. The summed E-state index contributed by atoms with van der Waals surface area (Å²) in [5, 5.41) is 12.8. The SMILES string of the molecule is CCCCc1ccc(NC(=O)Cn2c(-c3ccc(Cl)cc3)nc(C)c(CCO)c2=O)cc1. The molecule has 7 heteroatoms. The fourth-order valence-corrected chi connectivity index (χ4v) is 3.67. The van der Waals surface area contributed by atoms with E-state index >= 15 is 0 Å². The normalized spacial score (nSPS) is 10.9. The molecule has 0 atom stereocenters. The van der Waals surface area contributed by atoms with Gasteiger partial charge in [0, 0.05) is 40.6 Å². The zero-order valence-corrected chi connectivity index (χ0v) is 19.2. The smallest absolute Gasteiger partial charge is 0.257 e. The fraction of sp³-hybridized carbons (Fsp3) is 0.320. The van der Waals surface area contributed by atoms with Crippen LogP contribution >= 0.6 is 11.6 Å². The molecule has 1 heterocycles. The van der Waals surface area contributed by atoms with Crippen LogP contribution < -0.4 is 10.9 Å². The molecule has 0 fully saturated rings. The molecule has 0 aliphatic rings. The highest BCUT2D eigenvalue weighted by Gasteiger charge is 2.18. The van der Waals surface area contributed by atoms with E-state index in [1.54, 1.807) is 31.2 Å². The first-order chi connectivity index (χ1) is 15.4. The number of aryl methyl sites for hydroxylation is 2. The summed E-state index contributed by atoms with van der Waals surface area (Å²) in [6, 6.07) is 14.7. The van der Waals surface area contributed by atoms with Gasteiger partial charge in [0.05, 0.1) is 0 Å². The van der Waals surface area contributed by atoms with Gasteiger partial charge in [-0.1, -0.05) is 37.1 Å². The lowest BCUT2D eigenvalue weighted by Gasteiger charge is -2.16. The van der Waals surface area contributed by atoms with Crippen molar-refractivity contribution in [3.63, 3.8) is 0 Å². The number of benzene rings is 2. The number of halogens is 1. The highest BCUT2D eigenvalue weighted by atomic mass is 35.5. The van der Waals surface area contributed by atoms with Gasteiger partial charge >= 0.3 is 0 Å². The average Bonchev–Trinajstić information content (AvgIpc) is 2.78. The minimum Gasteiger partial charge on any atom is -0.396 e. The maximum atomic E-state index is 13.2. The van der Waals surface area contributed by atoms with Gasteiger partial charge in [0.15, 0.2) is 0 Å². The van der Waals surface area contributed by atoms with Crippen LogP contribution in [0.5, 0.6) is 0 Å². The van der Waals surface area contributed by atoms with Crippen LogP contribution in [-0.4, -0.2) is 27.2 Å². The first kappa shape index (κ1) is 23.7. The molecule has 3 aromatic rings. The summed E-state index contributed by atoms with van der Waals surface area (Å²) < 4.78 is 1.35. The van der Waals surface area contributed by atoms with Gasteiger partial charge in [0.1, 0.15) is 12.4 Å². The van der Waals surface area contributed by atoms with Gasteiger partial charge in [0.25, 0.3) is 5.56 Å². The predicted molar refractivity (Wildman–Crippen MR) is 128 cm³/mol. The van der Waals surface area contributed by atoms with Crippen LogP contribution in [-0.2, 0) is 24.2 Å². The largest absolute Gasteiger partial charge is 0.396 e. The third kappa shape index (κ3) is 5.84. The number of aliphatic hydroxyl groups excluding tert-OH is 1. The molecular weight excluding hydrogens is 426 g/mol. The van der Waals surface area contributed by atoms with Crippen molar-refractivity contribution in [3.8, 4) is 11.4 Å². The summed E-state index contributed by atoms with van der Waals surface area (Å²) in [7, 11) is 0. The quantitative estimate of drug-likeness (QED) is 0.503. The number of unbranched alkanes of at least 4 members (excludes halogenated alkanes) is 1. The van der Waals surface area contributed by atoms with Crippen molar-refractivity contribution in [1.29, 1.82) is 0 Å². The lowest BCUT2D eigenvalue weighted by Crippen LogP contribution is -2.33. The maximum Gasteiger partial charge on any atom is 0.257 e. The van der Waals surface area contributed by atoms with Crippen molar-refractivity contribution in [1.82, 2.24) is 9.55 Å². The topological polar surface area (TPSA) is 84.2 Å². The minimum atomic E-state index is -0.332. The Hall–Kier alpha value is -2.96. The van der Waals surface area contributed by atoms with Crippen molar-refractivity contribution in [2.45, 2.75) is 46.1 Å². The molecule has 0 unspecified atom stereocenters. The van der Waals surface area contributed by atoms with Crippen molar-refractivity contribution in [3.05, 3.63) is 80.7 Å². The molecular formula is C25H28ClN3O3. The summed E-state index contributed by atoms with van der Waals surface area (Å²) in [6.45, 7) is 3.52. The summed E-state index contributed by atoms with van der Waals surface area (Å²) in [5.41, 5.74) is 3.18. The van der Waals surface area contributed by atoms with Gasteiger partial charge in [-0.2, -0.15) is 0 Å². The Balaban J connectivity index is 1.89. The summed E-state index contributed by atoms with van der Waals surface area (Å²) in [4.78, 5) is 30.6. The van der Waals surface area contributed by atoms with E-state index in [0.29, 0.717) is 33.4 Å². The number of amides is 1. The van der Waals surface area contributed by atoms with E-state index in [2.05, 4.69) is 17.2 Å². The molecule has 1 aromatic heterocycles. The minimum absolute atomic E-state index is 0.172. The molecule has 168 valence electrons. The van der Waals surface area contributed by atoms with E-state index in [1.807, 2.05) is 24.3 Å². The third-order valence-corrected chi connectivity index (χ3v) is 5.54. The number of nitrogens with one attached hydrogen (secondary N) is 1. The lowest BCUT2D eigenvalue weighted by atomic mass is 10.1. The standard InChI is InChI=1S/C25H28ClN3O3/c1-3-4-5-18-6-12-21(13-7-18)28-23(31)16-29-24(19-8-10-20(26)11-9-19)27-17(2)22(14-15-30)25(29)32/h6-13,30H,3-5,14-16H2,1-2H3,(H,28,31). The van der Waals surface area contributed by atoms with E-state index < -0.39 is 0 Å². The first-order valence-electron chi connectivity index (χ1n) is 10.8. The molecule has 0 radical (unpaired) electrons. The number of rotatable bonds is 9. The molecule has 3 rings (SSSR count). The summed E-state index contributed by atoms with van der Waals surface area (Å²) >= 11 is 6.00. The van der Waals surface area contributed by atoms with E-state index in [0.717, 1.165) is 19.3 Å². The lowest BCUT2D eigenvalue weighted by molar-refractivity contribution is -0.116. The highest BCUT2D eigenvalue weighted by Crippen LogP contribution is 2.20. The van der Waals surface area contributed by atoms with Crippen LogP contribution in [0.4, 0.5) is 5.69 Å². The number of aliphatic hydroxyl groups is 1. The maximum absolute atomic E-state index is 13.2. The molecule has 0 saturated carbocycles. The zero-order valence-electron chi connectivity index (χ0n) is 18.4. The fourth-order valence-electron chi connectivity index (χ4n) is 3.55. The molecule has 0 aliphatic carbocycles. The Morgan fingerprint density at radius 2 is 1.78 bits per heavy atom. The number of carbonyl (C=O) groups excluding carboxylic acids is 1. The van der Waals surface area contributed by atoms with Gasteiger partial charge in [0.2, 0.25) is 5.91 Å². The second-order valence-electron chi connectivity index (χ2n) is 7.72. The molecule has 32 heavy (non-hydrogen) atoms. The Bertz CT molecular complexity index is 1120. The zero-order chi connectivity index (χ0) is 23.1. The molecule has 0 saturated heterocycles. The summed E-state index contributed by atoms with van der Waals surface area (Å²) in [5.74, 6) is 0.0557. The predicted octanol–water partition coefficient (Wildman–Crippen LogP) is 4.39. The van der Waals surface area contributed by atoms with Crippen LogP contribution in [0.1, 0.15) is 36.6 Å². The average molecular weight is 454 g/mol. The van der Waals surface area contributed by atoms with Crippen molar-refractivity contribution in [2.75, 3.05) is 11.9 Å². The van der Waals surface area contributed by atoms with Gasteiger partial charge < -0.3 is 10.4 Å². The second kappa shape index (κ2) is 11.1. The van der Waals surface area contributed by atoms with Crippen LogP contribution in [0.3, 0.4) is 0 Å². The van der Waals surface area contributed by atoms with Gasteiger partial charge in [-0.25, -0.2) is 4.98 Å². The number of aromatic nitrogens is 2. The Labute approximate surface area is 192 Å². The Kier molecular flexibility index (Phi) is 8.20. The molecule has 2 N–H and O–H groups in total. The number of nitrogens with zero attached hydrogens (tertiary/aromatic N) is 2. The van der Waals surface area contributed by atoms with Crippen molar-refractivity contribution in [2.24, 2.45) is 0 Å². The van der Waals surface area contributed by atoms with Crippen LogP contribution in [0, 0.1) is 6.92 Å². The highest BCUT2D eigenvalue weighted by molar-refractivity contribution is 6.30. The van der Waals surface area contributed by atoms with Crippen LogP contribution in [0.15, 0.2) is 53.3 Å².